The second-order valence-corrected chi connectivity index (χ2v) is 5.71. The molecule has 7 nitrogen and oxygen atoms in total. The van der Waals surface area contributed by atoms with Crippen LogP contribution >= 0.6 is 0 Å². The maximum atomic E-state index is 12.3. The topological polar surface area (TPSA) is 104 Å². The molecule has 0 aliphatic carbocycles. The van der Waals surface area contributed by atoms with E-state index in [-0.39, 0.29) is 30.4 Å². The Labute approximate surface area is 138 Å². The molecule has 0 spiro atoms. The molecule has 7 heteroatoms. The molecule has 1 aromatic carbocycles. The van der Waals surface area contributed by atoms with Gasteiger partial charge in [0, 0.05) is 36.8 Å². The van der Waals surface area contributed by atoms with Crippen LogP contribution in [0, 0.1) is 0 Å². The quantitative estimate of drug-likeness (QED) is 0.739. The fourth-order valence-electron chi connectivity index (χ4n) is 2.70. The van der Waals surface area contributed by atoms with Crippen molar-refractivity contribution in [1.29, 1.82) is 0 Å². The van der Waals surface area contributed by atoms with E-state index >= 15 is 0 Å². The van der Waals surface area contributed by atoms with Gasteiger partial charge in [0.25, 0.3) is 5.91 Å². The molecule has 24 heavy (non-hydrogen) atoms. The van der Waals surface area contributed by atoms with Crippen LogP contribution in [0.1, 0.15) is 28.0 Å². The second-order valence-electron chi connectivity index (χ2n) is 5.71. The average molecular weight is 326 g/mol. The zero-order valence-electron chi connectivity index (χ0n) is 13.0. The summed E-state index contributed by atoms with van der Waals surface area (Å²) in [6, 6.07) is 6.20. The first-order valence-electron chi connectivity index (χ1n) is 7.79. The van der Waals surface area contributed by atoms with Gasteiger partial charge in [0.15, 0.2) is 5.78 Å². The number of aromatic nitrogens is 2. The standard InChI is InChI=1S/C17H18N4O3/c22-15-7-11-3-1-2-4-13(11)17(24)21-14(15)8-16(23)19-6-5-12-9-18-10-20-12/h1-4,9-10,14H,5-8H2,(H,18,20)(H,19,23)(H,21,24). The molecular weight excluding hydrogens is 308 g/mol. The number of amides is 2. The Bertz CT molecular complexity index is 755. The van der Waals surface area contributed by atoms with E-state index in [1.807, 2.05) is 0 Å². The SMILES string of the molecule is O=C(CC1NC(=O)c2ccccc2CC1=O)NCCc1cnc[nH]1. The summed E-state index contributed by atoms with van der Waals surface area (Å²) in [4.78, 5) is 43.4. The summed E-state index contributed by atoms with van der Waals surface area (Å²) in [5.41, 5.74) is 2.11. The number of Topliss-reactive ketones (excluding diaryl/α,β-unsaturated/α-hetero) is 1. The lowest BCUT2D eigenvalue weighted by Gasteiger charge is -2.14. The van der Waals surface area contributed by atoms with Gasteiger partial charge in [-0.2, -0.15) is 0 Å². The molecule has 0 radical (unpaired) electrons. The van der Waals surface area contributed by atoms with Gasteiger partial charge < -0.3 is 15.6 Å². The summed E-state index contributed by atoms with van der Waals surface area (Å²) < 4.78 is 0. The van der Waals surface area contributed by atoms with Crippen LogP contribution in [0.5, 0.6) is 0 Å². The van der Waals surface area contributed by atoms with Crippen molar-refractivity contribution in [2.45, 2.75) is 25.3 Å². The Hall–Kier alpha value is -2.96. The van der Waals surface area contributed by atoms with E-state index in [9.17, 15) is 14.4 Å². The fraction of sp³-hybridized carbons (Fsp3) is 0.294. The summed E-state index contributed by atoms with van der Waals surface area (Å²) >= 11 is 0. The maximum absolute atomic E-state index is 12.3. The number of H-pyrrole nitrogens is 1. The average Bonchev–Trinajstić information content (AvgIpc) is 3.04. The van der Waals surface area contributed by atoms with Gasteiger partial charge in [0.05, 0.1) is 18.8 Å². The van der Waals surface area contributed by atoms with Gasteiger partial charge in [-0.1, -0.05) is 18.2 Å². The predicted molar refractivity (Wildman–Crippen MR) is 86.3 cm³/mol. The van der Waals surface area contributed by atoms with Crippen molar-refractivity contribution in [3.63, 3.8) is 0 Å². The summed E-state index contributed by atoms with van der Waals surface area (Å²) in [6.45, 7) is 0.441. The minimum Gasteiger partial charge on any atom is -0.356 e. The van der Waals surface area contributed by atoms with Gasteiger partial charge in [-0.25, -0.2) is 4.98 Å². The lowest BCUT2D eigenvalue weighted by Crippen LogP contribution is -2.43. The van der Waals surface area contributed by atoms with Gasteiger partial charge in [-0.05, 0) is 11.6 Å². The van der Waals surface area contributed by atoms with Crippen molar-refractivity contribution in [2.24, 2.45) is 0 Å². The molecule has 0 bridgehead atoms. The molecule has 1 aromatic heterocycles. The van der Waals surface area contributed by atoms with Gasteiger partial charge in [0.2, 0.25) is 5.91 Å². The largest absolute Gasteiger partial charge is 0.356 e. The van der Waals surface area contributed by atoms with Crippen molar-refractivity contribution in [2.75, 3.05) is 6.54 Å². The van der Waals surface area contributed by atoms with Crippen molar-refractivity contribution < 1.29 is 14.4 Å². The Balaban J connectivity index is 1.56. The smallest absolute Gasteiger partial charge is 0.252 e. The minimum atomic E-state index is -0.794. The van der Waals surface area contributed by atoms with Gasteiger partial charge in [-0.3, -0.25) is 14.4 Å². The number of ketones is 1. The zero-order valence-corrected chi connectivity index (χ0v) is 13.0. The monoisotopic (exact) mass is 326 g/mol. The highest BCUT2D eigenvalue weighted by Crippen LogP contribution is 2.15. The molecule has 1 unspecified atom stereocenters. The van der Waals surface area contributed by atoms with E-state index in [4.69, 9.17) is 0 Å². The van der Waals surface area contributed by atoms with E-state index in [1.54, 1.807) is 36.8 Å². The van der Waals surface area contributed by atoms with Crippen LogP contribution in [0.15, 0.2) is 36.8 Å². The molecule has 3 rings (SSSR count). The number of hydrogen-bond donors (Lipinski definition) is 3. The van der Waals surface area contributed by atoms with Crippen LogP contribution in [0.25, 0.3) is 0 Å². The van der Waals surface area contributed by atoms with Crippen LogP contribution in [0.4, 0.5) is 0 Å². The van der Waals surface area contributed by atoms with Gasteiger partial charge >= 0.3 is 0 Å². The number of benzene rings is 1. The number of aromatic amines is 1. The molecule has 2 amide bonds. The van der Waals surface area contributed by atoms with Gasteiger partial charge in [-0.15, -0.1) is 0 Å². The van der Waals surface area contributed by atoms with E-state index in [0.717, 1.165) is 5.69 Å². The van der Waals surface area contributed by atoms with Crippen LogP contribution in [0.3, 0.4) is 0 Å². The lowest BCUT2D eigenvalue weighted by atomic mass is 10.0. The second kappa shape index (κ2) is 7.08. The van der Waals surface area contributed by atoms with Crippen molar-refractivity contribution in [3.05, 3.63) is 53.6 Å². The molecule has 2 aromatic rings. The van der Waals surface area contributed by atoms with Crippen molar-refractivity contribution >= 4 is 17.6 Å². The highest BCUT2D eigenvalue weighted by Gasteiger charge is 2.29. The number of carbonyl (C=O) groups is 3. The molecule has 3 N–H and O–H groups in total. The molecular formula is C17H18N4O3. The first-order chi connectivity index (χ1) is 11.6. The molecule has 1 aliphatic heterocycles. The first-order valence-corrected chi connectivity index (χ1v) is 7.79. The van der Waals surface area contributed by atoms with E-state index in [2.05, 4.69) is 20.6 Å². The summed E-state index contributed by atoms with van der Waals surface area (Å²) in [7, 11) is 0. The first kappa shape index (κ1) is 15.9. The highest BCUT2D eigenvalue weighted by molar-refractivity contribution is 6.04. The molecule has 0 saturated heterocycles. The van der Waals surface area contributed by atoms with Crippen LogP contribution in [0.2, 0.25) is 0 Å². The molecule has 1 atom stereocenters. The van der Waals surface area contributed by atoms with Crippen LogP contribution in [-0.4, -0.2) is 40.2 Å². The molecule has 0 saturated carbocycles. The molecule has 0 fully saturated rings. The van der Waals surface area contributed by atoms with Crippen molar-refractivity contribution in [1.82, 2.24) is 20.6 Å². The van der Waals surface area contributed by atoms with E-state index in [1.165, 1.54) is 0 Å². The van der Waals surface area contributed by atoms with Crippen molar-refractivity contribution in [3.8, 4) is 0 Å². The summed E-state index contributed by atoms with van der Waals surface area (Å²) in [5, 5.41) is 5.41. The Morgan fingerprint density at radius 2 is 2.12 bits per heavy atom. The van der Waals surface area contributed by atoms with E-state index < -0.39 is 6.04 Å². The predicted octanol–water partition coefficient (Wildman–Crippen LogP) is 0.382. The number of nitrogens with zero attached hydrogens (tertiary/aromatic N) is 1. The number of hydrogen-bond acceptors (Lipinski definition) is 4. The Kier molecular flexibility index (Phi) is 4.69. The van der Waals surface area contributed by atoms with Crippen LogP contribution < -0.4 is 10.6 Å². The Morgan fingerprint density at radius 3 is 2.92 bits per heavy atom. The van der Waals surface area contributed by atoms with Crippen LogP contribution in [-0.2, 0) is 22.4 Å². The molecule has 2 heterocycles. The Morgan fingerprint density at radius 1 is 1.29 bits per heavy atom. The summed E-state index contributed by atoms with van der Waals surface area (Å²) in [6.07, 6.45) is 4.00. The summed E-state index contributed by atoms with van der Waals surface area (Å²) in [5.74, 6) is -0.733. The number of fused-ring (bicyclic) bond motifs is 1. The highest BCUT2D eigenvalue weighted by atomic mass is 16.2. The van der Waals surface area contributed by atoms with E-state index in [0.29, 0.717) is 24.1 Å². The lowest BCUT2D eigenvalue weighted by molar-refractivity contribution is -0.126. The molecule has 1 aliphatic rings. The third-order valence-corrected chi connectivity index (χ3v) is 3.98. The number of carbonyl (C=O) groups excluding carboxylic acids is 3. The van der Waals surface area contributed by atoms with Gasteiger partial charge in [0.1, 0.15) is 0 Å². The number of rotatable bonds is 5. The third-order valence-electron chi connectivity index (χ3n) is 3.98. The normalized spacial score (nSPS) is 16.9. The third kappa shape index (κ3) is 3.68. The molecule has 124 valence electrons. The number of nitrogens with one attached hydrogen (secondary N) is 3. The zero-order chi connectivity index (χ0) is 16.9. The minimum absolute atomic E-state index is 0.0540. The number of imidazole rings is 1. The fourth-order valence-corrected chi connectivity index (χ4v) is 2.70. The maximum Gasteiger partial charge on any atom is 0.252 e.